The molecule has 0 bridgehead atoms. The third kappa shape index (κ3) is 4.58. The van der Waals surface area contributed by atoms with Gasteiger partial charge in [-0.1, -0.05) is 19.3 Å². The van der Waals surface area contributed by atoms with Crippen LogP contribution in [0.25, 0.3) is 0 Å². The van der Waals surface area contributed by atoms with Crippen LogP contribution in [-0.2, 0) is 13.8 Å². The molecule has 5 atom stereocenters. The van der Waals surface area contributed by atoms with E-state index < -0.39 is 7.52 Å². The van der Waals surface area contributed by atoms with E-state index in [2.05, 4.69) is 23.5 Å². The standard InChI is InChI=1S/C17H33N2O3P/c1-14-10-18(2)12-17(22-14)13-21-23(3,20)19-9-8-15-6-4-5-7-16(15)11-19/h14-17H,4-13H2,1-3H3. The Kier molecular flexibility index (Phi) is 5.85. The second-order valence-electron chi connectivity index (χ2n) is 7.89. The highest BCUT2D eigenvalue weighted by atomic mass is 31.2. The van der Waals surface area contributed by atoms with Crippen molar-refractivity contribution in [3.8, 4) is 0 Å². The number of piperidine rings is 1. The van der Waals surface area contributed by atoms with Crippen LogP contribution in [-0.4, -0.2) is 68.3 Å². The smallest absolute Gasteiger partial charge is 0.269 e. The highest BCUT2D eigenvalue weighted by molar-refractivity contribution is 7.55. The number of morpholine rings is 1. The molecule has 2 saturated heterocycles. The van der Waals surface area contributed by atoms with Gasteiger partial charge in [0.1, 0.15) is 0 Å². The van der Waals surface area contributed by atoms with Crippen LogP contribution >= 0.6 is 7.52 Å². The first-order chi connectivity index (χ1) is 10.9. The number of ether oxygens (including phenoxy) is 1. The van der Waals surface area contributed by atoms with Crippen molar-refractivity contribution in [2.24, 2.45) is 11.8 Å². The lowest BCUT2D eigenvalue weighted by molar-refractivity contribution is -0.0855. The first-order valence-corrected chi connectivity index (χ1v) is 11.3. The van der Waals surface area contributed by atoms with Gasteiger partial charge in [0.25, 0.3) is 7.52 Å². The molecule has 0 amide bonds. The van der Waals surface area contributed by atoms with Crippen LogP contribution in [0.3, 0.4) is 0 Å². The largest absolute Gasteiger partial charge is 0.370 e. The fourth-order valence-corrected chi connectivity index (χ4v) is 6.17. The summed E-state index contributed by atoms with van der Waals surface area (Å²) in [5.41, 5.74) is 0. The lowest BCUT2D eigenvalue weighted by atomic mass is 9.76. The van der Waals surface area contributed by atoms with Gasteiger partial charge >= 0.3 is 0 Å². The highest BCUT2D eigenvalue weighted by Crippen LogP contribution is 2.51. The van der Waals surface area contributed by atoms with Crippen molar-refractivity contribution in [1.29, 1.82) is 0 Å². The topological polar surface area (TPSA) is 42.0 Å². The van der Waals surface area contributed by atoms with Crippen LogP contribution in [0.1, 0.15) is 39.0 Å². The van der Waals surface area contributed by atoms with Crippen molar-refractivity contribution in [1.82, 2.24) is 9.57 Å². The highest BCUT2D eigenvalue weighted by Gasteiger charge is 2.38. The molecule has 1 saturated carbocycles. The molecule has 134 valence electrons. The van der Waals surface area contributed by atoms with Crippen molar-refractivity contribution in [3.05, 3.63) is 0 Å². The summed E-state index contributed by atoms with van der Waals surface area (Å²) in [6.45, 7) is 8.02. The molecule has 3 aliphatic rings. The quantitative estimate of drug-likeness (QED) is 0.733. The summed E-state index contributed by atoms with van der Waals surface area (Å²) in [5, 5.41) is 0. The van der Waals surface area contributed by atoms with Crippen molar-refractivity contribution in [2.75, 3.05) is 46.5 Å². The van der Waals surface area contributed by atoms with Gasteiger partial charge in [0.15, 0.2) is 0 Å². The normalized spacial score (nSPS) is 39.6. The van der Waals surface area contributed by atoms with E-state index in [4.69, 9.17) is 9.26 Å². The van der Waals surface area contributed by atoms with Crippen LogP contribution in [0.4, 0.5) is 0 Å². The van der Waals surface area contributed by atoms with Crippen molar-refractivity contribution in [3.63, 3.8) is 0 Å². The molecule has 23 heavy (non-hydrogen) atoms. The Morgan fingerprint density at radius 1 is 1.13 bits per heavy atom. The number of likely N-dealkylation sites (N-methyl/N-ethyl adjacent to an activating group) is 1. The summed E-state index contributed by atoms with van der Waals surface area (Å²) >= 11 is 0. The molecule has 5 unspecified atom stereocenters. The molecule has 0 radical (unpaired) electrons. The molecule has 2 aliphatic heterocycles. The second kappa shape index (κ2) is 7.53. The van der Waals surface area contributed by atoms with Gasteiger partial charge in [-0.25, -0.2) is 4.67 Å². The Bertz CT molecular complexity index is 438. The summed E-state index contributed by atoms with van der Waals surface area (Å²) in [7, 11) is -0.600. The third-order valence-corrected chi connectivity index (χ3v) is 7.81. The molecular formula is C17H33N2O3P. The van der Waals surface area contributed by atoms with Crippen molar-refractivity contribution >= 4 is 7.52 Å². The van der Waals surface area contributed by atoms with E-state index in [9.17, 15) is 4.57 Å². The fourth-order valence-electron chi connectivity index (χ4n) is 4.58. The molecule has 3 fully saturated rings. The predicted molar refractivity (Wildman–Crippen MR) is 93.0 cm³/mol. The van der Waals surface area contributed by atoms with E-state index in [0.717, 1.165) is 38.0 Å². The lowest BCUT2D eigenvalue weighted by Gasteiger charge is -2.43. The minimum atomic E-state index is -2.70. The molecule has 6 heteroatoms. The van der Waals surface area contributed by atoms with Gasteiger partial charge in [-0.15, -0.1) is 0 Å². The van der Waals surface area contributed by atoms with Gasteiger partial charge in [0, 0.05) is 32.8 Å². The predicted octanol–water partition coefficient (Wildman–Crippen LogP) is 3.06. The van der Waals surface area contributed by atoms with Crippen LogP contribution in [0, 0.1) is 11.8 Å². The monoisotopic (exact) mass is 344 g/mol. The molecule has 1 aliphatic carbocycles. The van der Waals surface area contributed by atoms with Gasteiger partial charge in [0.05, 0.1) is 18.8 Å². The Morgan fingerprint density at radius 2 is 1.87 bits per heavy atom. The number of rotatable bonds is 4. The number of nitrogens with zero attached hydrogens (tertiary/aromatic N) is 2. The average Bonchev–Trinajstić information content (AvgIpc) is 2.52. The number of hydrogen-bond acceptors (Lipinski definition) is 4. The van der Waals surface area contributed by atoms with E-state index in [1.807, 2.05) is 0 Å². The van der Waals surface area contributed by atoms with Crippen LogP contribution in [0.15, 0.2) is 0 Å². The minimum Gasteiger partial charge on any atom is -0.370 e. The maximum Gasteiger partial charge on any atom is 0.269 e. The van der Waals surface area contributed by atoms with Crippen LogP contribution in [0.5, 0.6) is 0 Å². The molecule has 0 aromatic rings. The van der Waals surface area contributed by atoms with E-state index in [-0.39, 0.29) is 12.2 Å². The number of hydrogen-bond donors (Lipinski definition) is 0. The summed E-state index contributed by atoms with van der Waals surface area (Å²) in [5.74, 6) is 1.59. The molecule has 0 spiro atoms. The maximum atomic E-state index is 13.1. The van der Waals surface area contributed by atoms with Gasteiger partial charge in [0.2, 0.25) is 0 Å². The molecule has 0 aromatic heterocycles. The summed E-state index contributed by atoms with van der Waals surface area (Å²) in [6.07, 6.45) is 6.82. The SMILES string of the molecule is CC1CN(C)CC(COP(C)(=O)N2CCC3CCCCC3C2)O1. The van der Waals surface area contributed by atoms with Crippen LogP contribution in [0.2, 0.25) is 0 Å². The molecule has 0 aromatic carbocycles. The maximum absolute atomic E-state index is 13.1. The molecule has 2 heterocycles. The second-order valence-corrected chi connectivity index (χ2v) is 10.3. The average molecular weight is 344 g/mol. The van der Waals surface area contributed by atoms with E-state index >= 15 is 0 Å². The molecule has 0 N–H and O–H groups in total. The number of fused-ring (bicyclic) bond motifs is 1. The third-order valence-electron chi connectivity index (χ3n) is 5.79. The molecular weight excluding hydrogens is 311 g/mol. The first kappa shape index (κ1) is 17.9. The zero-order valence-corrected chi connectivity index (χ0v) is 15.8. The van der Waals surface area contributed by atoms with Crippen LogP contribution < -0.4 is 0 Å². The Hall–Kier alpha value is 0.0700. The zero-order valence-electron chi connectivity index (χ0n) is 14.9. The van der Waals surface area contributed by atoms with Gasteiger partial charge in [-0.2, -0.15) is 0 Å². The van der Waals surface area contributed by atoms with E-state index in [0.29, 0.717) is 6.61 Å². The van der Waals surface area contributed by atoms with Gasteiger partial charge in [-0.05, 0) is 38.6 Å². The Labute approximate surface area is 141 Å². The molecule has 5 nitrogen and oxygen atoms in total. The fraction of sp³-hybridized carbons (Fsp3) is 1.00. The molecule has 3 rings (SSSR count). The first-order valence-electron chi connectivity index (χ1n) is 9.25. The van der Waals surface area contributed by atoms with Crippen molar-refractivity contribution < 1.29 is 13.8 Å². The zero-order chi connectivity index (χ0) is 16.4. The summed E-state index contributed by atoms with van der Waals surface area (Å²) in [6, 6.07) is 0. The Morgan fingerprint density at radius 3 is 2.61 bits per heavy atom. The van der Waals surface area contributed by atoms with E-state index in [1.54, 1.807) is 6.66 Å². The summed E-state index contributed by atoms with van der Waals surface area (Å²) < 4.78 is 27.1. The summed E-state index contributed by atoms with van der Waals surface area (Å²) in [4.78, 5) is 2.26. The van der Waals surface area contributed by atoms with E-state index in [1.165, 1.54) is 32.1 Å². The Balaban J connectivity index is 1.51. The van der Waals surface area contributed by atoms with Gasteiger partial charge in [-0.3, -0.25) is 4.57 Å². The lowest BCUT2D eigenvalue weighted by Crippen LogP contribution is -2.46. The van der Waals surface area contributed by atoms with Crippen molar-refractivity contribution in [2.45, 2.75) is 51.2 Å². The van der Waals surface area contributed by atoms with Gasteiger partial charge < -0.3 is 14.2 Å². The minimum absolute atomic E-state index is 0.0317.